The molecular formula is C12H19N5O. The molecular weight excluding hydrogens is 230 g/mol. The minimum absolute atomic E-state index is 0.0379. The number of hydrogen-bond acceptors (Lipinski definition) is 5. The molecule has 18 heavy (non-hydrogen) atoms. The van der Waals surface area contributed by atoms with Gasteiger partial charge in [0.15, 0.2) is 0 Å². The zero-order valence-electron chi connectivity index (χ0n) is 10.8. The summed E-state index contributed by atoms with van der Waals surface area (Å²) < 4.78 is 0. The van der Waals surface area contributed by atoms with Crippen LogP contribution in [0.25, 0.3) is 0 Å². The van der Waals surface area contributed by atoms with Crippen LogP contribution in [0.15, 0.2) is 6.33 Å². The highest BCUT2D eigenvalue weighted by atomic mass is 16.1. The van der Waals surface area contributed by atoms with Crippen LogP contribution >= 0.6 is 0 Å². The fourth-order valence-electron chi connectivity index (χ4n) is 2.30. The zero-order chi connectivity index (χ0) is 13.1. The third-order valence-corrected chi connectivity index (χ3v) is 3.30. The largest absolute Gasteiger partial charge is 0.383 e. The summed E-state index contributed by atoms with van der Waals surface area (Å²) in [6.45, 7) is 5.25. The molecule has 0 atom stereocenters. The fourth-order valence-corrected chi connectivity index (χ4v) is 2.30. The summed E-state index contributed by atoms with van der Waals surface area (Å²) in [4.78, 5) is 21.5. The van der Waals surface area contributed by atoms with E-state index in [0.717, 1.165) is 37.3 Å². The molecule has 0 spiro atoms. The van der Waals surface area contributed by atoms with E-state index in [1.807, 2.05) is 6.92 Å². The van der Waals surface area contributed by atoms with Crippen molar-refractivity contribution in [2.45, 2.75) is 32.7 Å². The van der Waals surface area contributed by atoms with Gasteiger partial charge in [0.1, 0.15) is 18.0 Å². The fraction of sp³-hybridized carbons (Fsp3) is 0.583. The molecule has 2 rings (SSSR count). The molecule has 1 aliphatic rings. The topological polar surface area (TPSA) is 84.1 Å². The van der Waals surface area contributed by atoms with E-state index in [0.29, 0.717) is 5.82 Å². The monoisotopic (exact) mass is 249 g/mol. The van der Waals surface area contributed by atoms with Crippen molar-refractivity contribution in [2.24, 2.45) is 0 Å². The van der Waals surface area contributed by atoms with Crippen LogP contribution in [0.4, 0.5) is 11.6 Å². The summed E-state index contributed by atoms with van der Waals surface area (Å²) in [6.07, 6.45) is 3.36. The van der Waals surface area contributed by atoms with Crippen LogP contribution in [0.5, 0.6) is 0 Å². The number of amides is 1. The second kappa shape index (κ2) is 5.20. The Bertz CT molecular complexity index is 440. The maximum absolute atomic E-state index is 11.0. The lowest BCUT2D eigenvalue weighted by Crippen LogP contribution is -2.44. The summed E-state index contributed by atoms with van der Waals surface area (Å²) >= 11 is 0. The number of nitrogens with two attached hydrogens (primary N) is 1. The van der Waals surface area contributed by atoms with E-state index >= 15 is 0 Å². The molecule has 1 aliphatic heterocycles. The molecule has 0 bridgehead atoms. The lowest BCUT2D eigenvalue weighted by molar-refractivity contribution is -0.119. The number of nitrogens with one attached hydrogen (secondary N) is 1. The normalized spacial score (nSPS) is 16.7. The standard InChI is InChI=1S/C12H19N5O/c1-8-11(13)14-7-15-12(8)17-5-3-10(4-6-17)16-9(2)18/h7,10H,3-6H2,1-2H3,(H,16,18)(H2,13,14,15). The van der Waals surface area contributed by atoms with Crippen molar-refractivity contribution in [3.63, 3.8) is 0 Å². The molecule has 0 unspecified atom stereocenters. The zero-order valence-corrected chi connectivity index (χ0v) is 10.8. The van der Waals surface area contributed by atoms with Gasteiger partial charge in [-0.15, -0.1) is 0 Å². The first kappa shape index (κ1) is 12.6. The molecule has 0 aromatic carbocycles. The van der Waals surface area contributed by atoms with Crippen molar-refractivity contribution in [1.29, 1.82) is 0 Å². The number of carbonyl (C=O) groups excluding carboxylic acids is 1. The Balaban J connectivity index is 2.01. The second-order valence-corrected chi connectivity index (χ2v) is 4.67. The highest BCUT2D eigenvalue weighted by Gasteiger charge is 2.22. The number of hydrogen-bond donors (Lipinski definition) is 2. The molecule has 6 heteroatoms. The predicted octanol–water partition coefficient (Wildman–Crippen LogP) is 0.472. The first-order valence-corrected chi connectivity index (χ1v) is 6.17. The molecule has 98 valence electrons. The second-order valence-electron chi connectivity index (χ2n) is 4.67. The SMILES string of the molecule is CC(=O)NC1CCN(c2ncnc(N)c2C)CC1. The third-order valence-electron chi connectivity index (χ3n) is 3.30. The number of carbonyl (C=O) groups is 1. The molecule has 1 fully saturated rings. The van der Waals surface area contributed by atoms with Crippen LogP contribution in [0, 0.1) is 6.92 Å². The van der Waals surface area contributed by atoms with Crippen molar-refractivity contribution in [3.05, 3.63) is 11.9 Å². The Morgan fingerprint density at radius 2 is 2.11 bits per heavy atom. The van der Waals surface area contributed by atoms with Gasteiger partial charge in [-0.3, -0.25) is 4.79 Å². The van der Waals surface area contributed by atoms with E-state index in [1.54, 1.807) is 6.92 Å². The molecule has 0 saturated carbocycles. The summed E-state index contributed by atoms with van der Waals surface area (Å²) in [5.41, 5.74) is 6.71. The van der Waals surface area contributed by atoms with Crippen LogP contribution in [0.2, 0.25) is 0 Å². The third kappa shape index (κ3) is 2.69. The lowest BCUT2D eigenvalue weighted by Gasteiger charge is -2.33. The average molecular weight is 249 g/mol. The Morgan fingerprint density at radius 1 is 1.44 bits per heavy atom. The Kier molecular flexibility index (Phi) is 3.64. The van der Waals surface area contributed by atoms with Crippen LogP contribution in [-0.2, 0) is 4.79 Å². The van der Waals surface area contributed by atoms with Gasteiger partial charge in [0.25, 0.3) is 0 Å². The first-order chi connectivity index (χ1) is 8.58. The maximum atomic E-state index is 11.0. The van der Waals surface area contributed by atoms with Gasteiger partial charge in [0.05, 0.1) is 0 Å². The van der Waals surface area contributed by atoms with Gasteiger partial charge in [0, 0.05) is 31.6 Å². The summed E-state index contributed by atoms with van der Waals surface area (Å²) in [5.74, 6) is 1.48. The number of anilines is 2. The smallest absolute Gasteiger partial charge is 0.217 e. The number of piperidine rings is 1. The van der Waals surface area contributed by atoms with E-state index < -0.39 is 0 Å². The maximum Gasteiger partial charge on any atom is 0.217 e. The molecule has 0 radical (unpaired) electrons. The van der Waals surface area contributed by atoms with Gasteiger partial charge >= 0.3 is 0 Å². The van der Waals surface area contributed by atoms with Crippen molar-refractivity contribution >= 4 is 17.5 Å². The molecule has 1 aromatic heterocycles. The van der Waals surface area contributed by atoms with Gasteiger partial charge in [-0.1, -0.05) is 0 Å². The highest BCUT2D eigenvalue weighted by molar-refractivity contribution is 5.73. The molecule has 1 aromatic rings. The van der Waals surface area contributed by atoms with Gasteiger partial charge in [-0.05, 0) is 19.8 Å². The minimum atomic E-state index is 0.0379. The minimum Gasteiger partial charge on any atom is -0.383 e. The summed E-state index contributed by atoms with van der Waals surface area (Å²) in [7, 11) is 0. The first-order valence-electron chi connectivity index (χ1n) is 6.17. The quantitative estimate of drug-likeness (QED) is 0.796. The van der Waals surface area contributed by atoms with Crippen LogP contribution in [0.1, 0.15) is 25.3 Å². The van der Waals surface area contributed by atoms with Gasteiger partial charge in [-0.25, -0.2) is 9.97 Å². The van der Waals surface area contributed by atoms with E-state index in [2.05, 4.69) is 20.2 Å². The van der Waals surface area contributed by atoms with E-state index in [1.165, 1.54) is 6.33 Å². The van der Waals surface area contributed by atoms with Crippen molar-refractivity contribution < 1.29 is 4.79 Å². The summed E-state index contributed by atoms with van der Waals surface area (Å²) in [6, 6.07) is 0.276. The summed E-state index contributed by atoms with van der Waals surface area (Å²) in [5, 5.41) is 2.96. The number of rotatable bonds is 2. The molecule has 2 heterocycles. The highest BCUT2D eigenvalue weighted by Crippen LogP contribution is 2.23. The Hall–Kier alpha value is -1.85. The van der Waals surface area contributed by atoms with Crippen molar-refractivity contribution in [3.8, 4) is 0 Å². The van der Waals surface area contributed by atoms with Gasteiger partial charge in [0.2, 0.25) is 5.91 Å². The van der Waals surface area contributed by atoms with Gasteiger partial charge in [-0.2, -0.15) is 0 Å². The average Bonchev–Trinajstić information content (AvgIpc) is 2.33. The number of aromatic nitrogens is 2. The van der Waals surface area contributed by atoms with Crippen LogP contribution < -0.4 is 16.0 Å². The Morgan fingerprint density at radius 3 is 2.72 bits per heavy atom. The van der Waals surface area contributed by atoms with E-state index in [9.17, 15) is 4.79 Å². The van der Waals surface area contributed by atoms with E-state index in [-0.39, 0.29) is 11.9 Å². The van der Waals surface area contributed by atoms with E-state index in [4.69, 9.17) is 5.73 Å². The molecule has 1 saturated heterocycles. The molecule has 0 aliphatic carbocycles. The van der Waals surface area contributed by atoms with Crippen LogP contribution in [-0.4, -0.2) is 35.0 Å². The van der Waals surface area contributed by atoms with Gasteiger partial charge < -0.3 is 16.0 Å². The molecule has 6 nitrogen and oxygen atoms in total. The van der Waals surface area contributed by atoms with Crippen molar-refractivity contribution in [1.82, 2.24) is 15.3 Å². The number of nitrogen functional groups attached to an aromatic ring is 1. The Labute approximate surface area is 107 Å². The predicted molar refractivity (Wildman–Crippen MR) is 70.2 cm³/mol. The number of nitrogens with zero attached hydrogens (tertiary/aromatic N) is 3. The lowest BCUT2D eigenvalue weighted by atomic mass is 10.0. The molecule has 3 N–H and O–H groups in total. The molecule has 1 amide bonds. The van der Waals surface area contributed by atoms with Crippen molar-refractivity contribution in [2.75, 3.05) is 23.7 Å². The van der Waals surface area contributed by atoms with Crippen LogP contribution in [0.3, 0.4) is 0 Å².